The highest BCUT2D eigenvalue weighted by molar-refractivity contribution is 6.34. The molecule has 1 N–H and O–H groups in total. The Morgan fingerprint density at radius 3 is 2.38 bits per heavy atom. The smallest absolute Gasteiger partial charge is 0.312 e. The normalized spacial score (nSPS) is 10.1. The van der Waals surface area contributed by atoms with Crippen molar-refractivity contribution in [1.82, 2.24) is 10.2 Å². The van der Waals surface area contributed by atoms with Crippen LogP contribution in [0, 0.1) is 0 Å². The van der Waals surface area contributed by atoms with Crippen molar-refractivity contribution in [3.05, 3.63) is 65.7 Å². The monoisotopic (exact) mass is 326 g/mol. The van der Waals surface area contributed by atoms with Crippen molar-refractivity contribution in [2.45, 2.75) is 20.0 Å². The second kappa shape index (κ2) is 8.72. The minimum atomic E-state index is -0.612. The Morgan fingerprint density at radius 1 is 1.04 bits per heavy atom. The van der Waals surface area contributed by atoms with Crippen LogP contribution in [0.15, 0.2) is 54.6 Å². The Hall–Kier alpha value is -2.82. The van der Waals surface area contributed by atoms with E-state index in [1.807, 2.05) is 61.5 Å². The third-order valence-electron chi connectivity index (χ3n) is 3.71. The molecule has 2 rings (SSSR count). The number of carbonyl (C=O) groups excluding carboxylic acids is 2. The van der Waals surface area contributed by atoms with Gasteiger partial charge < -0.3 is 15.0 Å². The fraction of sp³-hybridized carbons (Fsp3) is 0.263. The molecule has 0 aliphatic carbocycles. The van der Waals surface area contributed by atoms with Gasteiger partial charge in [-0.1, -0.05) is 48.5 Å². The minimum Gasteiger partial charge on any atom is -0.496 e. The van der Waals surface area contributed by atoms with Crippen molar-refractivity contribution in [3.63, 3.8) is 0 Å². The summed E-state index contributed by atoms with van der Waals surface area (Å²) >= 11 is 0. The van der Waals surface area contributed by atoms with Gasteiger partial charge in [0.1, 0.15) is 5.75 Å². The first kappa shape index (κ1) is 17.5. The largest absolute Gasteiger partial charge is 0.496 e. The van der Waals surface area contributed by atoms with Gasteiger partial charge in [0.25, 0.3) is 0 Å². The molecule has 2 aromatic rings. The van der Waals surface area contributed by atoms with Crippen molar-refractivity contribution < 1.29 is 14.3 Å². The van der Waals surface area contributed by atoms with Crippen LogP contribution in [0.25, 0.3) is 0 Å². The van der Waals surface area contributed by atoms with E-state index in [9.17, 15) is 9.59 Å². The quantitative estimate of drug-likeness (QED) is 0.829. The fourth-order valence-corrected chi connectivity index (χ4v) is 2.37. The number of benzene rings is 2. The van der Waals surface area contributed by atoms with Crippen molar-refractivity contribution in [1.29, 1.82) is 0 Å². The molecule has 5 heteroatoms. The molecule has 24 heavy (non-hydrogen) atoms. The Morgan fingerprint density at radius 2 is 1.71 bits per heavy atom. The zero-order chi connectivity index (χ0) is 17.4. The van der Waals surface area contributed by atoms with Crippen LogP contribution in [0.5, 0.6) is 5.75 Å². The highest BCUT2D eigenvalue weighted by atomic mass is 16.5. The summed E-state index contributed by atoms with van der Waals surface area (Å²) in [5, 5.41) is 2.66. The molecule has 0 aliphatic rings. The van der Waals surface area contributed by atoms with Crippen LogP contribution in [-0.4, -0.2) is 30.4 Å². The molecule has 0 heterocycles. The molecular formula is C19H22N2O3. The van der Waals surface area contributed by atoms with Crippen LogP contribution in [0.2, 0.25) is 0 Å². The lowest BCUT2D eigenvalue weighted by molar-refractivity contribution is -0.146. The number of hydrogen-bond acceptors (Lipinski definition) is 3. The molecule has 2 aromatic carbocycles. The highest BCUT2D eigenvalue weighted by Gasteiger charge is 2.20. The zero-order valence-electron chi connectivity index (χ0n) is 14.0. The molecule has 0 atom stereocenters. The molecule has 0 aromatic heterocycles. The summed E-state index contributed by atoms with van der Waals surface area (Å²) in [7, 11) is 1.57. The minimum absolute atomic E-state index is 0.247. The lowest BCUT2D eigenvalue weighted by Gasteiger charge is -2.20. The number of para-hydroxylation sites is 1. The van der Waals surface area contributed by atoms with Gasteiger partial charge in [0, 0.05) is 25.2 Å². The van der Waals surface area contributed by atoms with Crippen molar-refractivity contribution >= 4 is 11.8 Å². The van der Waals surface area contributed by atoms with E-state index >= 15 is 0 Å². The number of likely N-dealkylation sites (N-methyl/N-ethyl adjacent to an activating group) is 1. The number of rotatable bonds is 6. The summed E-state index contributed by atoms with van der Waals surface area (Å²) in [6.07, 6.45) is 0. The molecule has 0 aliphatic heterocycles. The van der Waals surface area contributed by atoms with E-state index in [0.717, 1.165) is 11.1 Å². The first-order valence-electron chi connectivity index (χ1n) is 7.88. The Bertz CT molecular complexity index is 686. The number of carbonyl (C=O) groups is 2. The third kappa shape index (κ3) is 4.59. The SMILES string of the molecule is CCN(Cc1ccccc1)C(=O)C(=O)NCc1ccccc1OC. The number of ether oxygens (including phenoxy) is 1. The van der Waals surface area contributed by atoms with Gasteiger partial charge in [-0.3, -0.25) is 9.59 Å². The van der Waals surface area contributed by atoms with Crippen molar-refractivity contribution in [2.24, 2.45) is 0 Å². The first-order valence-corrected chi connectivity index (χ1v) is 7.88. The molecule has 0 saturated heterocycles. The van der Waals surface area contributed by atoms with Gasteiger partial charge in [-0.15, -0.1) is 0 Å². The third-order valence-corrected chi connectivity index (χ3v) is 3.71. The molecule has 0 fully saturated rings. The Balaban J connectivity index is 1.96. The van der Waals surface area contributed by atoms with E-state index < -0.39 is 11.8 Å². The van der Waals surface area contributed by atoms with Gasteiger partial charge in [-0.2, -0.15) is 0 Å². The molecule has 0 spiro atoms. The van der Waals surface area contributed by atoms with Crippen LogP contribution in [-0.2, 0) is 22.7 Å². The summed E-state index contributed by atoms with van der Waals surface area (Å²) in [6, 6.07) is 17.0. The Labute approximate surface area is 142 Å². The molecule has 0 unspecified atom stereocenters. The number of methoxy groups -OCH3 is 1. The average Bonchev–Trinajstić information content (AvgIpc) is 2.64. The summed E-state index contributed by atoms with van der Waals surface area (Å²) < 4.78 is 5.24. The van der Waals surface area contributed by atoms with Gasteiger partial charge in [0.2, 0.25) is 0 Å². The van der Waals surface area contributed by atoms with Gasteiger partial charge in [0.15, 0.2) is 0 Å². The van der Waals surface area contributed by atoms with E-state index in [1.54, 1.807) is 7.11 Å². The van der Waals surface area contributed by atoms with Crippen molar-refractivity contribution in [2.75, 3.05) is 13.7 Å². The topological polar surface area (TPSA) is 58.6 Å². The molecule has 5 nitrogen and oxygen atoms in total. The Kier molecular flexibility index (Phi) is 6.37. The number of nitrogens with one attached hydrogen (secondary N) is 1. The number of amides is 2. The predicted octanol–water partition coefficient (Wildman–Crippen LogP) is 2.36. The first-order chi connectivity index (χ1) is 11.7. The van der Waals surface area contributed by atoms with Gasteiger partial charge >= 0.3 is 11.8 Å². The van der Waals surface area contributed by atoms with Crippen LogP contribution in [0.1, 0.15) is 18.1 Å². The summed E-state index contributed by atoms with van der Waals surface area (Å²) in [5.74, 6) is -0.461. The summed E-state index contributed by atoms with van der Waals surface area (Å²) in [5.41, 5.74) is 1.82. The zero-order valence-corrected chi connectivity index (χ0v) is 14.0. The lowest BCUT2D eigenvalue weighted by Crippen LogP contribution is -2.42. The number of hydrogen-bond donors (Lipinski definition) is 1. The average molecular weight is 326 g/mol. The van der Waals surface area contributed by atoms with E-state index in [-0.39, 0.29) is 6.54 Å². The van der Waals surface area contributed by atoms with Crippen LogP contribution >= 0.6 is 0 Å². The van der Waals surface area contributed by atoms with E-state index in [4.69, 9.17) is 4.74 Å². The van der Waals surface area contributed by atoms with Gasteiger partial charge in [-0.05, 0) is 18.6 Å². The highest BCUT2D eigenvalue weighted by Crippen LogP contribution is 2.16. The summed E-state index contributed by atoms with van der Waals surface area (Å²) in [6.45, 7) is 2.99. The van der Waals surface area contributed by atoms with Crippen molar-refractivity contribution in [3.8, 4) is 5.75 Å². The molecule has 2 amide bonds. The van der Waals surface area contributed by atoms with E-state index in [2.05, 4.69) is 5.32 Å². The predicted molar refractivity (Wildman–Crippen MR) is 92.4 cm³/mol. The maximum atomic E-state index is 12.3. The second-order valence-electron chi connectivity index (χ2n) is 5.30. The summed E-state index contributed by atoms with van der Waals surface area (Å²) in [4.78, 5) is 26.0. The van der Waals surface area contributed by atoms with E-state index in [0.29, 0.717) is 18.8 Å². The van der Waals surface area contributed by atoms with Crippen LogP contribution in [0.3, 0.4) is 0 Å². The maximum Gasteiger partial charge on any atom is 0.312 e. The van der Waals surface area contributed by atoms with Gasteiger partial charge in [0.05, 0.1) is 7.11 Å². The lowest BCUT2D eigenvalue weighted by atomic mass is 10.2. The molecule has 0 radical (unpaired) electrons. The number of nitrogens with zero attached hydrogens (tertiary/aromatic N) is 1. The van der Waals surface area contributed by atoms with Gasteiger partial charge in [-0.25, -0.2) is 0 Å². The van der Waals surface area contributed by atoms with E-state index in [1.165, 1.54) is 4.90 Å². The maximum absolute atomic E-state index is 12.3. The van der Waals surface area contributed by atoms with Crippen LogP contribution in [0.4, 0.5) is 0 Å². The standard InChI is InChI=1S/C19H22N2O3/c1-3-21(14-15-9-5-4-6-10-15)19(23)18(22)20-13-16-11-7-8-12-17(16)24-2/h4-12H,3,13-14H2,1-2H3,(H,20,22). The second-order valence-corrected chi connectivity index (χ2v) is 5.30. The molecule has 126 valence electrons. The molecular weight excluding hydrogens is 304 g/mol. The molecule has 0 bridgehead atoms. The van der Waals surface area contributed by atoms with Crippen LogP contribution < -0.4 is 10.1 Å². The molecule has 0 saturated carbocycles. The fourth-order valence-electron chi connectivity index (χ4n) is 2.37.